The summed E-state index contributed by atoms with van der Waals surface area (Å²) >= 11 is 0. The molecule has 0 radical (unpaired) electrons. The third-order valence-corrected chi connectivity index (χ3v) is 5.71. The maximum Gasteiger partial charge on any atom is 0.490 e. The first-order valence-electron chi connectivity index (χ1n) is 11.6. The molecule has 4 heterocycles. The molecule has 0 bridgehead atoms. The molecule has 0 amide bonds. The summed E-state index contributed by atoms with van der Waals surface area (Å²) in [5.74, 6) is -3.63. The second kappa shape index (κ2) is 14.1. The number of hydrogen-bond acceptors (Lipinski definition) is 7. The second-order valence-electron chi connectivity index (χ2n) is 8.67. The maximum atomic E-state index is 10.6. The van der Waals surface area contributed by atoms with E-state index in [-0.39, 0.29) is 0 Å². The minimum absolute atomic E-state index is 0.365. The van der Waals surface area contributed by atoms with Crippen LogP contribution in [0.4, 0.5) is 26.3 Å². The lowest BCUT2D eigenvalue weighted by Gasteiger charge is -2.19. The van der Waals surface area contributed by atoms with Crippen molar-refractivity contribution in [2.45, 2.75) is 38.3 Å². The molecular formula is C24H27F6N3O6. The summed E-state index contributed by atoms with van der Waals surface area (Å²) in [6, 6.07) is 12.0. The molecule has 2 aliphatic rings. The molecule has 39 heavy (non-hydrogen) atoms. The van der Waals surface area contributed by atoms with Gasteiger partial charge in [0.05, 0.1) is 25.0 Å². The zero-order valence-electron chi connectivity index (χ0n) is 20.7. The predicted molar refractivity (Wildman–Crippen MR) is 123 cm³/mol. The molecule has 15 heteroatoms. The fraction of sp³-hybridized carbons (Fsp3) is 0.500. The van der Waals surface area contributed by atoms with Crippen molar-refractivity contribution in [1.29, 1.82) is 0 Å². The summed E-state index contributed by atoms with van der Waals surface area (Å²) in [6.45, 7) is 6.62. The third kappa shape index (κ3) is 11.0. The van der Waals surface area contributed by atoms with Crippen molar-refractivity contribution >= 4 is 11.9 Å². The number of aryl methyl sites for hydroxylation is 1. The van der Waals surface area contributed by atoms with Gasteiger partial charge in [-0.1, -0.05) is 12.1 Å². The average molecular weight is 567 g/mol. The van der Waals surface area contributed by atoms with E-state index in [1.165, 1.54) is 0 Å². The van der Waals surface area contributed by atoms with Gasteiger partial charge in [-0.15, -0.1) is 0 Å². The fourth-order valence-electron chi connectivity index (χ4n) is 3.97. The highest BCUT2D eigenvalue weighted by Gasteiger charge is 2.43. The van der Waals surface area contributed by atoms with Crippen LogP contribution in [0.1, 0.15) is 17.8 Å². The van der Waals surface area contributed by atoms with E-state index < -0.39 is 24.3 Å². The Morgan fingerprint density at radius 3 is 2.21 bits per heavy atom. The normalized spacial score (nSPS) is 20.6. The second-order valence-corrected chi connectivity index (χ2v) is 8.67. The molecule has 0 saturated carbocycles. The lowest BCUT2D eigenvalue weighted by molar-refractivity contribution is -0.193. The first kappa shape index (κ1) is 31.8. The van der Waals surface area contributed by atoms with Crippen molar-refractivity contribution < 1.29 is 55.6 Å². The van der Waals surface area contributed by atoms with Crippen LogP contribution in [0.25, 0.3) is 0 Å². The van der Waals surface area contributed by atoms with E-state index in [0.717, 1.165) is 44.0 Å². The predicted octanol–water partition coefficient (Wildman–Crippen LogP) is 3.97. The number of ether oxygens (including phenoxy) is 2. The number of fused-ring (bicyclic) bond motifs is 1. The first-order valence-corrected chi connectivity index (χ1v) is 11.6. The molecule has 2 saturated heterocycles. The van der Waals surface area contributed by atoms with Crippen molar-refractivity contribution in [3.8, 4) is 5.88 Å². The van der Waals surface area contributed by atoms with Crippen molar-refractivity contribution in [1.82, 2.24) is 14.9 Å². The van der Waals surface area contributed by atoms with E-state index in [0.29, 0.717) is 30.4 Å². The van der Waals surface area contributed by atoms with Gasteiger partial charge in [-0.3, -0.25) is 9.88 Å². The van der Waals surface area contributed by atoms with Crippen LogP contribution in [0.3, 0.4) is 0 Å². The van der Waals surface area contributed by atoms with E-state index >= 15 is 0 Å². The number of halogens is 6. The van der Waals surface area contributed by atoms with Crippen molar-refractivity contribution in [3.05, 3.63) is 54.0 Å². The average Bonchev–Trinajstić information content (AvgIpc) is 3.40. The summed E-state index contributed by atoms with van der Waals surface area (Å²) in [7, 11) is 0. The molecule has 0 unspecified atom stereocenters. The summed E-state index contributed by atoms with van der Waals surface area (Å²) < 4.78 is 75.3. The zero-order chi connectivity index (χ0) is 29.2. The van der Waals surface area contributed by atoms with Gasteiger partial charge in [0.15, 0.2) is 0 Å². The van der Waals surface area contributed by atoms with Crippen LogP contribution < -0.4 is 4.74 Å². The third-order valence-electron chi connectivity index (χ3n) is 5.71. The summed E-state index contributed by atoms with van der Waals surface area (Å²) in [4.78, 5) is 29.1. The van der Waals surface area contributed by atoms with E-state index in [2.05, 4.69) is 27.0 Å². The van der Waals surface area contributed by atoms with Gasteiger partial charge < -0.3 is 19.7 Å². The highest BCUT2D eigenvalue weighted by molar-refractivity contribution is 5.73. The molecule has 2 aromatic rings. The summed E-state index contributed by atoms with van der Waals surface area (Å²) in [6.07, 6.45) is -7.02. The van der Waals surface area contributed by atoms with Gasteiger partial charge in [-0.2, -0.15) is 26.3 Å². The van der Waals surface area contributed by atoms with E-state index in [4.69, 9.17) is 29.3 Å². The monoisotopic (exact) mass is 567 g/mol. The summed E-state index contributed by atoms with van der Waals surface area (Å²) in [5.41, 5.74) is 2.23. The van der Waals surface area contributed by atoms with Crippen LogP contribution in [0, 0.1) is 18.8 Å². The van der Waals surface area contributed by atoms with Crippen molar-refractivity contribution in [3.63, 3.8) is 0 Å². The van der Waals surface area contributed by atoms with E-state index in [9.17, 15) is 26.3 Å². The van der Waals surface area contributed by atoms with Crippen LogP contribution in [0.15, 0.2) is 42.6 Å². The molecule has 2 aliphatic heterocycles. The number of carboxylic acid groups (broad SMARTS) is 2. The molecule has 2 N–H and O–H groups in total. The zero-order valence-corrected chi connectivity index (χ0v) is 20.7. The van der Waals surface area contributed by atoms with Gasteiger partial charge in [0, 0.05) is 43.5 Å². The number of rotatable bonds is 6. The van der Waals surface area contributed by atoms with Gasteiger partial charge in [0.1, 0.15) is 0 Å². The number of aromatic nitrogens is 2. The Morgan fingerprint density at radius 2 is 1.67 bits per heavy atom. The van der Waals surface area contributed by atoms with Gasteiger partial charge in [0.25, 0.3) is 0 Å². The van der Waals surface area contributed by atoms with Crippen molar-refractivity contribution in [2.75, 3.05) is 26.3 Å². The molecular weight excluding hydrogens is 540 g/mol. The minimum Gasteiger partial charge on any atom is -0.478 e. The highest BCUT2D eigenvalue weighted by Crippen LogP contribution is 2.36. The molecule has 9 nitrogen and oxygen atoms in total. The fourth-order valence-corrected chi connectivity index (χ4v) is 3.97. The number of hydrogen-bond donors (Lipinski definition) is 2. The lowest BCUT2D eigenvalue weighted by Crippen LogP contribution is -2.25. The molecule has 2 aromatic heterocycles. The quantitative estimate of drug-likeness (QED) is 0.500. The largest absolute Gasteiger partial charge is 0.490 e. The van der Waals surface area contributed by atoms with E-state index in [1.807, 2.05) is 31.2 Å². The smallest absolute Gasteiger partial charge is 0.478 e. The van der Waals surface area contributed by atoms with Crippen LogP contribution in [-0.2, 0) is 20.9 Å². The van der Waals surface area contributed by atoms with E-state index in [1.54, 1.807) is 6.20 Å². The Balaban J connectivity index is 0.000000317. The van der Waals surface area contributed by atoms with Gasteiger partial charge in [-0.25, -0.2) is 14.6 Å². The Kier molecular flexibility index (Phi) is 11.5. The molecule has 0 aromatic carbocycles. The number of alkyl halides is 6. The molecule has 3 atom stereocenters. The van der Waals surface area contributed by atoms with Crippen LogP contribution in [0.2, 0.25) is 0 Å². The van der Waals surface area contributed by atoms with Gasteiger partial charge >= 0.3 is 24.3 Å². The Labute approximate surface area is 219 Å². The van der Waals surface area contributed by atoms with Crippen LogP contribution in [-0.4, -0.2) is 81.8 Å². The number of aliphatic carboxylic acids is 2. The van der Waals surface area contributed by atoms with Crippen LogP contribution >= 0.6 is 0 Å². The standard InChI is InChI=1S/C20H25N3O2.2C2HF3O2/c1-15-5-4-6-17(22-15)11-23-12-18-16(14-25-19(18)13-23)8-10-24-20-7-2-3-9-21-20;2*3-2(4,5)1(6)7/h2-7,9,16,18-19H,8,10-14H2,1H3;2*(H,6,7)/t16-,18-,19-;;/m0../s1. The van der Waals surface area contributed by atoms with Gasteiger partial charge in [0.2, 0.25) is 5.88 Å². The number of likely N-dealkylation sites (tertiary alicyclic amines) is 1. The topological polar surface area (TPSA) is 122 Å². The molecule has 0 spiro atoms. The number of carboxylic acids is 2. The molecule has 2 fully saturated rings. The number of nitrogens with zero attached hydrogens (tertiary/aromatic N) is 3. The number of carbonyl (C=O) groups is 2. The molecule has 4 rings (SSSR count). The Morgan fingerprint density at radius 1 is 1.03 bits per heavy atom. The van der Waals surface area contributed by atoms with Crippen LogP contribution in [0.5, 0.6) is 5.88 Å². The lowest BCUT2D eigenvalue weighted by atomic mass is 9.91. The maximum absolute atomic E-state index is 10.6. The first-order chi connectivity index (χ1) is 18.2. The SMILES string of the molecule is Cc1cccc(CN2C[C@H]3[C@@H](CCOc4ccccn4)CO[C@H]3C2)n1.O=C(O)C(F)(F)F.O=C(O)C(F)(F)F. The number of pyridine rings is 2. The van der Waals surface area contributed by atoms with Gasteiger partial charge in [-0.05, 0) is 37.5 Å². The minimum atomic E-state index is -5.08. The molecule has 216 valence electrons. The van der Waals surface area contributed by atoms with Crippen molar-refractivity contribution in [2.24, 2.45) is 11.8 Å². The highest BCUT2D eigenvalue weighted by atomic mass is 19.4. The summed E-state index contributed by atoms with van der Waals surface area (Å²) in [5, 5.41) is 14.2. The molecule has 0 aliphatic carbocycles. The Hall–Kier alpha value is -3.46. The Bertz CT molecular complexity index is 1050.